The second-order valence-corrected chi connectivity index (χ2v) is 6.18. The van der Waals surface area contributed by atoms with E-state index in [0.717, 1.165) is 12.1 Å². The Labute approximate surface area is 151 Å². The maximum absolute atomic E-state index is 13.5. The van der Waals surface area contributed by atoms with Crippen molar-refractivity contribution in [3.63, 3.8) is 0 Å². The molecule has 0 atom stereocenters. The van der Waals surface area contributed by atoms with Gasteiger partial charge in [-0.05, 0) is 18.6 Å². The number of nitrogens with zero attached hydrogens (tertiary/aromatic N) is 1. The van der Waals surface area contributed by atoms with Crippen molar-refractivity contribution in [3.05, 3.63) is 46.5 Å². The normalized spacial score (nSPS) is 10.4. The van der Waals surface area contributed by atoms with Crippen LogP contribution in [0, 0.1) is 11.6 Å². The average Bonchev–Trinajstić information content (AvgIpc) is 2.97. The monoisotopic (exact) mass is 382 g/mol. The van der Waals surface area contributed by atoms with E-state index >= 15 is 0 Å². The zero-order valence-corrected chi connectivity index (χ0v) is 14.4. The van der Waals surface area contributed by atoms with Crippen LogP contribution in [-0.4, -0.2) is 29.3 Å². The van der Waals surface area contributed by atoms with Crippen molar-refractivity contribution in [2.75, 3.05) is 11.9 Å². The molecule has 4 N–H and O–H groups in total. The van der Waals surface area contributed by atoms with Crippen LogP contribution in [0.25, 0.3) is 0 Å². The van der Waals surface area contributed by atoms with Gasteiger partial charge in [-0.2, -0.15) is 0 Å². The summed E-state index contributed by atoms with van der Waals surface area (Å²) < 4.78 is 26.3. The summed E-state index contributed by atoms with van der Waals surface area (Å²) in [4.78, 5) is 38.4. The number of hydrogen-bond donors (Lipinski definition) is 3. The number of benzene rings is 1. The number of amides is 3. The molecule has 0 radical (unpaired) electrons. The molecule has 3 amide bonds. The number of hydrogen-bond acceptors (Lipinski definition) is 5. The zero-order chi connectivity index (χ0) is 19.1. The van der Waals surface area contributed by atoms with Crippen LogP contribution in [0.1, 0.15) is 28.9 Å². The van der Waals surface area contributed by atoms with Crippen molar-refractivity contribution >= 4 is 34.2 Å². The van der Waals surface area contributed by atoms with Gasteiger partial charge < -0.3 is 16.4 Å². The summed E-state index contributed by atoms with van der Waals surface area (Å²) in [5, 5.41) is 7.00. The molecule has 138 valence electrons. The number of halogens is 2. The number of thiazole rings is 1. The largest absolute Gasteiger partial charge is 0.369 e. The fourth-order valence-electron chi connectivity index (χ4n) is 2.03. The Morgan fingerprint density at radius 2 is 2.00 bits per heavy atom. The van der Waals surface area contributed by atoms with Crippen molar-refractivity contribution in [2.24, 2.45) is 5.73 Å². The van der Waals surface area contributed by atoms with E-state index < -0.39 is 23.4 Å². The summed E-state index contributed by atoms with van der Waals surface area (Å²) in [5.74, 6) is -3.22. The van der Waals surface area contributed by atoms with Gasteiger partial charge >= 0.3 is 0 Å². The third kappa shape index (κ3) is 5.88. The minimum absolute atomic E-state index is 0.00164. The summed E-state index contributed by atoms with van der Waals surface area (Å²) in [5.41, 5.74) is 5.28. The first-order valence-electron chi connectivity index (χ1n) is 7.61. The highest BCUT2D eigenvalue weighted by Crippen LogP contribution is 2.16. The number of primary amides is 1. The molecular weight excluding hydrogens is 366 g/mol. The Balaban J connectivity index is 1.72. The van der Waals surface area contributed by atoms with Gasteiger partial charge in [-0.25, -0.2) is 13.8 Å². The predicted octanol–water partition coefficient (Wildman–Crippen LogP) is 1.60. The molecule has 0 spiro atoms. The number of nitrogens with two attached hydrogens (primary N) is 1. The van der Waals surface area contributed by atoms with Crippen LogP contribution >= 0.6 is 11.3 Å². The molecule has 0 saturated heterocycles. The minimum Gasteiger partial charge on any atom is -0.369 e. The smallest absolute Gasteiger partial charge is 0.254 e. The quantitative estimate of drug-likeness (QED) is 0.602. The van der Waals surface area contributed by atoms with Crippen molar-refractivity contribution < 1.29 is 23.2 Å². The van der Waals surface area contributed by atoms with Gasteiger partial charge in [0.15, 0.2) is 5.13 Å². The van der Waals surface area contributed by atoms with Crippen LogP contribution in [-0.2, 0) is 16.0 Å². The summed E-state index contributed by atoms with van der Waals surface area (Å²) >= 11 is 1.17. The van der Waals surface area contributed by atoms with E-state index in [2.05, 4.69) is 15.6 Å². The number of nitrogens with one attached hydrogen (secondary N) is 2. The molecule has 0 unspecified atom stereocenters. The molecule has 26 heavy (non-hydrogen) atoms. The SMILES string of the molecule is NC(=O)Cc1csc(NC(=O)CCCNC(=O)c2ccc(F)cc2F)n1. The Hall–Kier alpha value is -2.88. The van der Waals surface area contributed by atoms with Gasteiger partial charge in [-0.15, -0.1) is 11.3 Å². The molecule has 0 aliphatic heterocycles. The van der Waals surface area contributed by atoms with Gasteiger partial charge in [0.25, 0.3) is 5.91 Å². The van der Waals surface area contributed by atoms with Gasteiger partial charge in [-0.1, -0.05) is 0 Å². The molecule has 0 aliphatic rings. The van der Waals surface area contributed by atoms with E-state index in [1.165, 1.54) is 11.3 Å². The van der Waals surface area contributed by atoms with E-state index in [0.29, 0.717) is 23.3 Å². The van der Waals surface area contributed by atoms with Gasteiger partial charge in [0.05, 0.1) is 17.7 Å². The van der Waals surface area contributed by atoms with Crippen LogP contribution in [0.15, 0.2) is 23.6 Å². The van der Waals surface area contributed by atoms with Gasteiger partial charge in [0.1, 0.15) is 11.6 Å². The predicted molar refractivity (Wildman–Crippen MR) is 91.6 cm³/mol. The maximum atomic E-state index is 13.5. The van der Waals surface area contributed by atoms with Crippen LogP contribution in [0.5, 0.6) is 0 Å². The van der Waals surface area contributed by atoms with Crippen molar-refractivity contribution in [1.29, 1.82) is 0 Å². The highest BCUT2D eigenvalue weighted by molar-refractivity contribution is 7.13. The average molecular weight is 382 g/mol. The Morgan fingerprint density at radius 1 is 1.23 bits per heavy atom. The molecule has 10 heteroatoms. The van der Waals surface area contributed by atoms with Gasteiger partial charge in [0.2, 0.25) is 11.8 Å². The lowest BCUT2D eigenvalue weighted by Crippen LogP contribution is -2.26. The molecule has 2 aromatic rings. The van der Waals surface area contributed by atoms with Crippen LogP contribution < -0.4 is 16.4 Å². The number of anilines is 1. The standard InChI is InChI=1S/C16H16F2N4O3S/c17-9-3-4-11(12(18)6-9)15(25)20-5-1-2-14(24)22-16-21-10(8-26-16)7-13(19)23/h3-4,6,8H,1-2,5,7H2,(H2,19,23)(H,20,25)(H,21,22,24). The summed E-state index contributed by atoms with van der Waals surface area (Å²) in [6, 6.07) is 2.67. The number of aromatic nitrogens is 1. The van der Waals surface area contributed by atoms with Crippen molar-refractivity contribution in [2.45, 2.75) is 19.3 Å². The zero-order valence-electron chi connectivity index (χ0n) is 13.6. The first-order chi connectivity index (χ1) is 12.3. The topological polar surface area (TPSA) is 114 Å². The third-order valence-electron chi connectivity index (χ3n) is 3.20. The lowest BCUT2D eigenvalue weighted by Gasteiger charge is -2.06. The van der Waals surface area contributed by atoms with Crippen molar-refractivity contribution in [3.8, 4) is 0 Å². The van der Waals surface area contributed by atoms with Crippen LogP contribution in [0.4, 0.5) is 13.9 Å². The maximum Gasteiger partial charge on any atom is 0.254 e. The van der Waals surface area contributed by atoms with E-state index in [9.17, 15) is 23.2 Å². The fraction of sp³-hybridized carbons (Fsp3) is 0.250. The lowest BCUT2D eigenvalue weighted by atomic mass is 10.2. The molecule has 0 fully saturated rings. The lowest BCUT2D eigenvalue weighted by molar-refractivity contribution is -0.117. The summed E-state index contributed by atoms with van der Waals surface area (Å²) in [6.45, 7) is 0.147. The van der Waals surface area contributed by atoms with E-state index in [-0.39, 0.29) is 30.9 Å². The Morgan fingerprint density at radius 3 is 2.69 bits per heavy atom. The molecule has 2 rings (SSSR count). The summed E-state index contributed by atoms with van der Waals surface area (Å²) in [6.07, 6.45) is 0.426. The van der Waals surface area contributed by atoms with E-state index in [1.54, 1.807) is 5.38 Å². The molecule has 0 bridgehead atoms. The molecule has 1 aromatic heterocycles. The third-order valence-corrected chi connectivity index (χ3v) is 4.00. The number of carbonyl (C=O) groups is 3. The first kappa shape index (κ1) is 19.4. The minimum atomic E-state index is -0.948. The molecular formula is C16H16F2N4O3S. The molecule has 0 aliphatic carbocycles. The van der Waals surface area contributed by atoms with Gasteiger partial charge in [0, 0.05) is 24.4 Å². The van der Waals surface area contributed by atoms with Crippen LogP contribution in [0.2, 0.25) is 0 Å². The second-order valence-electron chi connectivity index (χ2n) is 5.32. The van der Waals surface area contributed by atoms with E-state index in [4.69, 9.17) is 5.73 Å². The summed E-state index contributed by atoms with van der Waals surface area (Å²) in [7, 11) is 0. The Kier molecular flexibility index (Phi) is 6.73. The molecule has 1 heterocycles. The van der Waals surface area contributed by atoms with Crippen LogP contribution in [0.3, 0.4) is 0 Å². The van der Waals surface area contributed by atoms with Crippen molar-refractivity contribution in [1.82, 2.24) is 10.3 Å². The highest BCUT2D eigenvalue weighted by Gasteiger charge is 2.12. The first-order valence-corrected chi connectivity index (χ1v) is 8.49. The Bertz CT molecular complexity index is 826. The molecule has 0 saturated carbocycles. The molecule has 7 nitrogen and oxygen atoms in total. The second kappa shape index (κ2) is 8.99. The number of rotatable bonds is 8. The van der Waals surface area contributed by atoms with Gasteiger partial charge in [-0.3, -0.25) is 14.4 Å². The fourth-order valence-corrected chi connectivity index (χ4v) is 2.75. The highest BCUT2D eigenvalue weighted by atomic mass is 32.1. The number of carbonyl (C=O) groups excluding carboxylic acids is 3. The van der Waals surface area contributed by atoms with E-state index in [1.807, 2.05) is 0 Å². The molecule has 1 aromatic carbocycles.